The van der Waals surface area contributed by atoms with Crippen LogP contribution in [0, 0.1) is 0 Å². The number of rotatable bonds is 4. The van der Waals surface area contributed by atoms with Crippen LogP contribution in [0.25, 0.3) is 11.0 Å². The van der Waals surface area contributed by atoms with Gasteiger partial charge in [-0.2, -0.15) is 0 Å². The van der Waals surface area contributed by atoms with Crippen LogP contribution in [0.1, 0.15) is 10.4 Å². The van der Waals surface area contributed by atoms with E-state index < -0.39 is 16.0 Å². The Balaban J connectivity index is 1.91. The molecule has 116 valence electrons. The number of aromatic carboxylic acids is 1. The summed E-state index contributed by atoms with van der Waals surface area (Å²) in [5.41, 5.74) is 1.58. The molecule has 0 spiro atoms. The molecule has 7 nitrogen and oxygen atoms in total. The summed E-state index contributed by atoms with van der Waals surface area (Å²) in [4.78, 5) is 19.0. The minimum Gasteiger partial charge on any atom is -0.478 e. The third-order valence-corrected chi connectivity index (χ3v) is 4.53. The van der Waals surface area contributed by atoms with Crippen molar-refractivity contribution >= 4 is 32.7 Å². The fraction of sp³-hybridized carbons (Fsp3) is 0. The molecule has 0 radical (unpaired) electrons. The number of hydrogen-bond acceptors (Lipinski definition) is 5. The van der Waals surface area contributed by atoms with E-state index in [2.05, 4.69) is 14.7 Å². The average Bonchev–Trinajstić information content (AvgIpc) is 2.54. The van der Waals surface area contributed by atoms with Gasteiger partial charge in [-0.1, -0.05) is 0 Å². The van der Waals surface area contributed by atoms with Crippen molar-refractivity contribution in [1.82, 2.24) is 9.97 Å². The monoisotopic (exact) mass is 329 g/mol. The molecule has 3 aromatic rings. The lowest BCUT2D eigenvalue weighted by atomic mass is 10.2. The number of sulfonamides is 1. The summed E-state index contributed by atoms with van der Waals surface area (Å²) in [6.45, 7) is 0. The second-order valence-electron chi connectivity index (χ2n) is 4.69. The van der Waals surface area contributed by atoms with Gasteiger partial charge >= 0.3 is 5.97 Å². The number of carboxylic acids is 1. The van der Waals surface area contributed by atoms with Gasteiger partial charge in [0.2, 0.25) is 0 Å². The predicted molar refractivity (Wildman–Crippen MR) is 83.7 cm³/mol. The van der Waals surface area contributed by atoms with Crippen LogP contribution in [-0.4, -0.2) is 29.5 Å². The Hall–Kier alpha value is -3.00. The highest BCUT2D eigenvalue weighted by Gasteiger charge is 2.15. The number of benzene rings is 2. The Morgan fingerprint density at radius 3 is 2.26 bits per heavy atom. The number of carbonyl (C=O) groups is 1. The van der Waals surface area contributed by atoms with Crippen LogP contribution in [0.15, 0.2) is 59.8 Å². The van der Waals surface area contributed by atoms with E-state index in [0.29, 0.717) is 16.7 Å². The van der Waals surface area contributed by atoms with Crippen molar-refractivity contribution in [3.8, 4) is 0 Å². The van der Waals surface area contributed by atoms with Crippen molar-refractivity contribution in [1.29, 1.82) is 0 Å². The van der Waals surface area contributed by atoms with E-state index in [-0.39, 0.29) is 10.5 Å². The lowest BCUT2D eigenvalue weighted by Gasteiger charge is -2.08. The molecule has 0 saturated heterocycles. The van der Waals surface area contributed by atoms with E-state index in [4.69, 9.17) is 5.11 Å². The molecule has 23 heavy (non-hydrogen) atoms. The van der Waals surface area contributed by atoms with Gasteiger partial charge in [0.05, 0.1) is 27.2 Å². The fourth-order valence-electron chi connectivity index (χ4n) is 2.02. The zero-order chi connectivity index (χ0) is 16.4. The van der Waals surface area contributed by atoms with Crippen molar-refractivity contribution in [2.75, 3.05) is 4.72 Å². The molecule has 2 N–H and O–H groups in total. The molecule has 0 aliphatic carbocycles. The quantitative estimate of drug-likeness (QED) is 0.759. The third kappa shape index (κ3) is 3.11. The molecule has 0 amide bonds. The summed E-state index contributed by atoms with van der Waals surface area (Å²) in [6.07, 6.45) is 3.07. The standard InChI is InChI=1S/C15H11N3O4S/c19-15(20)10-1-4-12(5-2-10)23(21,22)18-11-3-6-13-14(9-11)17-8-7-16-13/h1-9,18H,(H,19,20). The molecule has 0 aliphatic rings. The lowest BCUT2D eigenvalue weighted by molar-refractivity contribution is 0.0696. The van der Waals surface area contributed by atoms with Gasteiger partial charge in [0.15, 0.2) is 0 Å². The number of nitrogens with zero attached hydrogens (tertiary/aromatic N) is 2. The minimum absolute atomic E-state index is 0.0185. The molecule has 0 atom stereocenters. The number of hydrogen-bond donors (Lipinski definition) is 2. The third-order valence-electron chi connectivity index (χ3n) is 3.13. The highest BCUT2D eigenvalue weighted by molar-refractivity contribution is 7.92. The molecule has 0 aliphatic heterocycles. The topological polar surface area (TPSA) is 109 Å². The summed E-state index contributed by atoms with van der Waals surface area (Å²) in [6, 6.07) is 9.78. The van der Waals surface area contributed by atoms with Crippen molar-refractivity contribution in [3.05, 3.63) is 60.4 Å². The van der Waals surface area contributed by atoms with Crippen LogP contribution in [0.5, 0.6) is 0 Å². The highest BCUT2D eigenvalue weighted by Crippen LogP contribution is 2.19. The largest absolute Gasteiger partial charge is 0.478 e. The first-order chi connectivity index (χ1) is 11.0. The Bertz CT molecular complexity index is 985. The van der Waals surface area contributed by atoms with Crippen LogP contribution in [0.3, 0.4) is 0 Å². The molecule has 3 rings (SSSR count). The van der Waals surface area contributed by atoms with Gasteiger partial charge in [-0.3, -0.25) is 14.7 Å². The highest BCUT2D eigenvalue weighted by atomic mass is 32.2. The van der Waals surface area contributed by atoms with E-state index in [1.54, 1.807) is 24.4 Å². The Morgan fingerprint density at radius 1 is 0.957 bits per heavy atom. The van der Waals surface area contributed by atoms with E-state index in [0.717, 1.165) is 0 Å². The van der Waals surface area contributed by atoms with Crippen LogP contribution < -0.4 is 4.72 Å². The van der Waals surface area contributed by atoms with Crippen molar-refractivity contribution in [3.63, 3.8) is 0 Å². The zero-order valence-corrected chi connectivity index (χ0v) is 12.5. The number of nitrogens with one attached hydrogen (secondary N) is 1. The number of anilines is 1. The van der Waals surface area contributed by atoms with Gasteiger partial charge in [-0.25, -0.2) is 13.2 Å². The van der Waals surface area contributed by atoms with Crippen LogP contribution in [0.4, 0.5) is 5.69 Å². The lowest BCUT2D eigenvalue weighted by Crippen LogP contribution is -2.13. The van der Waals surface area contributed by atoms with Gasteiger partial charge < -0.3 is 5.11 Å². The molecule has 1 aromatic heterocycles. The Kier molecular flexibility index (Phi) is 3.67. The SMILES string of the molecule is O=C(O)c1ccc(S(=O)(=O)Nc2ccc3nccnc3c2)cc1. The first-order valence-corrected chi connectivity index (χ1v) is 8.01. The molecular weight excluding hydrogens is 318 g/mol. The molecular formula is C15H11N3O4S. The summed E-state index contributed by atoms with van der Waals surface area (Å²) < 4.78 is 27.1. The molecule has 0 fully saturated rings. The summed E-state index contributed by atoms with van der Waals surface area (Å²) in [5, 5.41) is 8.84. The normalized spacial score (nSPS) is 11.3. The first-order valence-electron chi connectivity index (χ1n) is 6.53. The molecule has 0 unspecified atom stereocenters. The second-order valence-corrected chi connectivity index (χ2v) is 6.38. The maximum atomic E-state index is 12.3. The average molecular weight is 329 g/mol. The van der Waals surface area contributed by atoms with Gasteiger partial charge in [-0.05, 0) is 42.5 Å². The van der Waals surface area contributed by atoms with E-state index >= 15 is 0 Å². The van der Waals surface area contributed by atoms with E-state index in [1.165, 1.54) is 30.5 Å². The molecule has 1 heterocycles. The summed E-state index contributed by atoms with van der Waals surface area (Å²) in [7, 11) is -3.82. The van der Waals surface area contributed by atoms with Gasteiger partial charge in [0.1, 0.15) is 0 Å². The molecule has 2 aromatic carbocycles. The molecule has 0 bridgehead atoms. The predicted octanol–water partition coefficient (Wildman–Crippen LogP) is 2.13. The van der Waals surface area contributed by atoms with Gasteiger partial charge in [0, 0.05) is 12.4 Å². The van der Waals surface area contributed by atoms with Crippen molar-refractivity contribution in [2.24, 2.45) is 0 Å². The first kappa shape index (κ1) is 14.9. The van der Waals surface area contributed by atoms with Crippen molar-refractivity contribution < 1.29 is 18.3 Å². The van der Waals surface area contributed by atoms with Gasteiger partial charge in [-0.15, -0.1) is 0 Å². The summed E-state index contributed by atoms with van der Waals surface area (Å²) >= 11 is 0. The minimum atomic E-state index is -3.82. The van der Waals surface area contributed by atoms with Crippen LogP contribution in [0.2, 0.25) is 0 Å². The smallest absolute Gasteiger partial charge is 0.335 e. The zero-order valence-electron chi connectivity index (χ0n) is 11.7. The number of carboxylic acid groups (broad SMARTS) is 1. The van der Waals surface area contributed by atoms with E-state index in [1.807, 2.05) is 0 Å². The van der Waals surface area contributed by atoms with Gasteiger partial charge in [0.25, 0.3) is 10.0 Å². The summed E-state index contributed by atoms with van der Waals surface area (Å²) in [5.74, 6) is -1.12. The van der Waals surface area contributed by atoms with Crippen molar-refractivity contribution in [2.45, 2.75) is 4.90 Å². The maximum absolute atomic E-state index is 12.3. The molecule has 8 heteroatoms. The molecule has 0 saturated carbocycles. The Labute approximate surface area is 131 Å². The fourth-order valence-corrected chi connectivity index (χ4v) is 3.07. The number of fused-ring (bicyclic) bond motifs is 1. The van der Waals surface area contributed by atoms with Crippen LogP contribution >= 0.6 is 0 Å². The number of aromatic nitrogens is 2. The maximum Gasteiger partial charge on any atom is 0.335 e. The van der Waals surface area contributed by atoms with Crippen LogP contribution in [-0.2, 0) is 10.0 Å². The second kappa shape index (κ2) is 5.65. The Morgan fingerprint density at radius 2 is 1.61 bits per heavy atom. The van der Waals surface area contributed by atoms with E-state index in [9.17, 15) is 13.2 Å².